The Kier molecular flexibility index (Phi) is 7.12. The summed E-state index contributed by atoms with van der Waals surface area (Å²) >= 11 is 0. The number of anilines is 1. The lowest BCUT2D eigenvalue weighted by Gasteiger charge is -2.11. The molecule has 0 bridgehead atoms. The molecule has 0 fully saturated rings. The first-order valence-electron chi connectivity index (χ1n) is 8.80. The molecule has 0 spiro atoms. The fourth-order valence-electron chi connectivity index (χ4n) is 2.45. The number of aryl methyl sites for hydroxylation is 1. The molecule has 0 aromatic heterocycles. The molecule has 0 aliphatic heterocycles. The normalized spacial score (nSPS) is 11.0. The van der Waals surface area contributed by atoms with E-state index in [1.54, 1.807) is 36.4 Å². The zero-order valence-electron chi connectivity index (χ0n) is 15.5. The molecule has 2 rings (SSSR count). The average molecular weight is 388 g/mol. The van der Waals surface area contributed by atoms with Gasteiger partial charge in [0.1, 0.15) is 5.75 Å². The summed E-state index contributed by atoms with van der Waals surface area (Å²) in [7, 11) is -3.76. The van der Waals surface area contributed by atoms with Crippen molar-refractivity contribution in [2.24, 2.45) is 0 Å². The van der Waals surface area contributed by atoms with E-state index in [4.69, 9.17) is 0 Å². The van der Waals surface area contributed by atoms with E-state index >= 15 is 0 Å². The van der Waals surface area contributed by atoms with Crippen molar-refractivity contribution >= 4 is 27.3 Å². The number of nitrogens with one attached hydrogen (secondary N) is 2. The van der Waals surface area contributed by atoms with Gasteiger partial charge in [0.2, 0.25) is 5.91 Å². The van der Waals surface area contributed by atoms with Gasteiger partial charge in [0, 0.05) is 6.54 Å². The van der Waals surface area contributed by atoms with E-state index < -0.39 is 21.5 Å². The minimum Gasteiger partial charge on any atom is -0.352 e. The summed E-state index contributed by atoms with van der Waals surface area (Å²) < 4.78 is 24.8. The van der Waals surface area contributed by atoms with E-state index in [9.17, 15) is 18.0 Å². The maximum absolute atomic E-state index is 12.4. The SMILES string of the molecule is CCCCNC(=O)c1ccccc1NC(=O)CS(=O)(=O)c1ccc(C)cc1. The Morgan fingerprint density at radius 1 is 1.00 bits per heavy atom. The molecular formula is C20H24N2O4S. The van der Waals surface area contributed by atoms with Gasteiger partial charge >= 0.3 is 0 Å². The lowest BCUT2D eigenvalue weighted by molar-refractivity contribution is -0.113. The molecule has 0 aliphatic rings. The minimum absolute atomic E-state index is 0.0915. The number of amides is 2. The zero-order valence-corrected chi connectivity index (χ0v) is 16.3. The van der Waals surface area contributed by atoms with E-state index in [-0.39, 0.29) is 16.5 Å². The van der Waals surface area contributed by atoms with Crippen LogP contribution in [0.4, 0.5) is 5.69 Å². The first-order valence-corrected chi connectivity index (χ1v) is 10.4. The van der Waals surface area contributed by atoms with Crippen molar-refractivity contribution in [1.82, 2.24) is 5.32 Å². The number of carbonyl (C=O) groups excluding carboxylic acids is 2. The molecule has 6 nitrogen and oxygen atoms in total. The Morgan fingerprint density at radius 3 is 2.33 bits per heavy atom. The molecule has 144 valence electrons. The Hall–Kier alpha value is -2.67. The van der Waals surface area contributed by atoms with Crippen LogP contribution in [0.15, 0.2) is 53.4 Å². The molecule has 0 unspecified atom stereocenters. The van der Waals surface area contributed by atoms with Crippen LogP contribution in [0, 0.1) is 6.92 Å². The van der Waals surface area contributed by atoms with Crippen LogP contribution in [0.1, 0.15) is 35.7 Å². The van der Waals surface area contributed by atoms with Crippen LogP contribution in [0.3, 0.4) is 0 Å². The maximum atomic E-state index is 12.4. The van der Waals surface area contributed by atoms with E-state index in [1.807, 2.05) is 13.8 Å². The summed E-state index contributed by atoms with van der Waals surface area (Å²) in [6.07, 6.45) is 1.81. The van der Waals surface area contributed by atoms with Crippen molar-refractivity contribution in [3.05, 3.63) is 59.7 Å². The van der Waals surface area contributed by atoms with E-state index in [0.29, 0.717) is 12.1 Å². The van der Waals surface area contributed by atoms with Gasteiger partial charge in [0.25, 0.3) is 5.91 Å². The third-order valence-corrected chi connectivity index (χ3v) is 5.60. The molecule has 2 aromatic carbocycles. The predicted octanol–water partition coefficient (Wildman–Crippen LogP) is 2.94. The molecule has 2 aromatic rings. The van der Waals surface area contributed by atoms with E-state index in [2.05, 4.69) is 10.6 Å². The highest BCUT2D eigenvalue weighted by Crippen LogP contribution is 2.17. The Morgan fingerprint density at radius 2 is 1.67 bits per heavy atom. The number of hydrogen-bond donors (Lipinski definition) is 2. The summed E-state index contributed by atoms with van der Waals surface area (Å²) in [6, 6.07) is 12.8. The van der Waals surface area contributed by atoms with Gasteiger partial charge in [-0.05, 0) is 37.6 Å². The number of carbonyl (C=O) groups is 2. The summed E-state index contributed by atoms with van der Waals surface area (Å²) in [5, 5.41) is 5.32. The first-order chi connectivity index (χ1) is 12.8. The Balaban J connectivity index is 2.09. The highest BCUT2D eigenvalue weighted by molar-refractivity contribution is 7.92. The second-order valence-corrected chi connectivity index (χ2v) is 8.26. The highest BCUT2D eigenvalue weighted by Gasteiger charge is 2.20. The lowest BCUT2D eigenvalue weighted by Crippen LogP contribution is -2.27. The number of para-hydroxylation sites is 1. The van der Waals surface area contributed by atoms with E-state index in [1.165, 1.54) is 12.1 Å². The van der Waals surface area contributed by atoms with Crippen LogP contribution in [0.5, 0.6) is 0 Å². The van der Waals surface area contributed by atoms with E-state index in [0.717, 1.165) is 18.4 Å². The topological polar surface area (TPSA) is 92.3 Å². The lowest BCUT2D eigenvalue weighted by atomic mass is 10.1. The molecule has 0 aliphatic carbocycles. The molecule has 7 heteroatoms. The van der Waals surface area contributed by atoms with Crippen molar-refractivity contribution in [3.8, 4) is 0 Å². The second kappa shape index (κ2) is 9.32. The third kappa shape index (κ3) is 5.92. The van der Waals surface area contributed by atoms with Gasteiger partial charge in [-0.2, -0.15) is 0 Å². The fraction of sp³-hybridized carbons (Fsp3) is 0.300. The van der Waals surface area contributed by atoms with Gasteiger partial charge in [-0.15, -0.1) is 0 Å². The Labute approximate surface area is 159 Å². The highest BCUT2D eigenvalue weighted by atomic mass is 32.2. The number of benzene rings is 2. The summed E-state index contributed by atoms with van der Waals surface area (Å²) in [4.78, 5) is 24.7. The standard InChI is InChI=1S/C20H24N2O4S/c1-3-4-13-21-20(24)17-7-5-6-8-18(17)22-19(23)14-27(25,26)16-11-9-15(2)10-12-16/h5-12H,3-4,13-14H2,1-2H3,(H,21,24)(H,22,23). The zero-order chi connectivity index (χ0) is 19.9. The van der Waals surface area contributed by atoms with Gasteiger partial charge < -0.3 is 10.6 Å². The van der Waals surface area contributed by atoms with Crippen LogP contribution in [0.25, 0.3) is 0 Å². The van der Waals surface area contributed by atoms with Gasteiger partial charge in [-0.1, -0.05) is 43.2 Å². The molecule has 2 N–H and O–H groups in total. The van der Waals surface area contributed by atoms with Crippen LogP contribution in [-0.2, 0) is 14.6 Å². The molecule has 2 amide bonds. The number of sulfone groups is 1. The van der Waals surface area contributed by atoms with Crippen molar-refractivity contribution in [2.75, 3.05) is 17.6 Å². The second-order valence-electron chi connectivity index (χ2n) is 6.28. The number of unbranched alkanes of at least 4 members (excludes halogenated alkanes) is 1. The fourth-order valence-corrected chi connectivity index (χ4v) is 3.59. The van der Waals surface area contributed by atoms with Crippen molar-refractivity contribution < 1.29 is 18.0 Å². The minimum atomic E-state index is -3.76. The monoisotopic (exact) mass is 388 g/mol. The summed E-state index contributed by atoms with van der Waals surface area (Å²) in [5.74, 6) is -1.69. The first kappa shape index (κ1) is 20.6. The maximum Gasteiger partial charge on any atom is 0.253 e. The van der Waals surface area contributed by atoms with Crippen molar-refractivity contribution in [1.29, 1.82) is 0 Å². The van der Waals surface area contributed by atoms with Gasteiger partial charge in [0.05, 0.1) is 16.1 Å². The summed E-state index contributed by atoms with van der Waals surface area (Å²) in [5.41, 5.74) is 1.52. The number of hydrogen-bond acceptors (Lipinski definition) is 4. The molecule has 0 atom stereocenters. The third-order valence-electron chi connectivity index (χ3n) is 3.96. The largest absolute Gasteiger partial charge is 0.352 e. The average Bonchev–Trinajstić information content (AvgIpc) is 2.62. The Bertz CT molecular complexity index is 906. The van der Waals surface area contributed by atoms with Crippen LogP contribution < -0.4 is 10.6 Å². The molecule has 0 heterocycles. The molecule has 0 saturated heterocycles. The van der Waals surface area contributed by atoms with Gasteiger partial charge in [-0.3, -0.25) is 9.59 Å². The molecule has 0 saturated carbocycles. The predicted molar refractivity (Wildman–Crippen MR) is 106 cm³/mol. The quantitative estimate of drug-likeness (QED) is 0.680. The molecular weight excluding hydrogens is 364 g/mol. The van der Waals surface area contributed by atoms with Crippen molar-refractivity contribution in [2.45, 2.75) is 31.6 Å². The number of rotatable bonds is 8. The molecule has 0 radical (unpaired) electrons. The van der Waals surface area contributed by atoms with Crippen LogP contribution in [0.2, 0.25) is 0 Å². The molecule has 27 heavy (non-hydrogen) atoms. The smallest absolute Gasteiger partial charge is 0.253 e. The van der Waals surface area contributed by atoms with Crippen LogP contribution >= 0.6 is 0 Å². The van der Waals surface area contributed by atoms with Crippen LogP contribution in [-0.4, -0.2) is 32.5 Å². The van der Waals surface area contributed by atoms with Crippen molar-refractivity contribution in [3.63, 3.8) is 0 Å². The van der Waals surface area contributed by atoms with Gasteiger partial charge in [-0.25, -0.2) is 8.42 Å². The summed E-state index contributed by atoms with van der Waals surface area (Å²) in [6.45, 7) is 4.42. The van der Waals surface area contributed by atoms with Gasteiger partial charge in [0.15, 0.2) is 9.84 Å².